The molecule has 0 aliphatic heterocycles. The van der Waals surface area contributed by atoms with Gasteiger partial charge in [-0.1, -0.05) is 17.7 Å². The van der Waals surface area contributed by atoms with Crippen LogP contribution in [0.4, 0.5) is 0 Å². The first kappa shape index (κ1) is 12.7. The standard InChI is InChI=1S/C14H12ClN3O2/c1-7-13(10-6-11(14(19)20)17-16-10)9-4-3-8(15)5-12(9)18(7)2/h3-6H,1-2H3,(H,16,17)(H,19,20). The van der Waals surface area contributed by atoms with Crippen LogP contribution >= 0.6 is 11.6 Å². The summed E-state index contributed by atoms with van der Waals surface area (Å²) >= 11 is 6.03. The molecular formula is C14H12ClN3O2. The van der Waals surface area contributed by atoms with Gasteiger partial charge in [-0.05, 0) is 25.1 Å². The summed E-state index contributed by atoms with van der Waals surface area (Å²) in [5, 5.41) is 17.3. The van der Waals surface area contributed by atoms with Crippen LogP contribution in [0, 0.1) is 6.92 Å². The van der Waals surface area contributed by atoms with Gasteiger partial charge in [0.05, 0.1) is 11.2 Å². The highest BCUT2D eigenvalue weighted by Crippen LogP contribution is 2.34. The van der Waals surface area contributed by atoms with Crippen LogP contribution < -0.4 is 0 Å². The Hall–Kier alpha value is -2.27. The number of benzene rings is 1. The molecule has 20 heavy (non-hydrogen) atoms. The number of aryl methyl sites for hydroxylation is 1. The average Bonchev–Trinajstić information content (AvgIpc) is 2.96. The van der Waals surface area contributed by atoms with Gasteiger partial charge in [-0.3, -0.25) is 5.10 Å². The zero-order chi connectivity index (χ0) is 14.4. The Bertz CT molecular complexity index is 832. The van der Waals surface area contributed by atoms with Gasteiger partial charge in [0.1, 0.15) is 5.69 Å². The second-order valence-corrected chi connectivity index (χ2v) is 5.09. The second kappa shape index (κ2) is 4.38. The summed E-state index contributed by atoms with van der Waals surface area (Å²) in [6.07, 6.45) is 0. The first-order valence-corrected chi connectivity index (χ1v) is 6.40. The van der Waals surface area contributed by atoms with E-state index >= 15 is 0 Å². The van der Waals surface area contributed by atoms with Gasteiger partial charge in [0.2, 0.25) is 0 Å². The van der Waals surface area contributed by atoms with Crippen molar-refractivity contribution < 1.29 is 9.90 Å². The van der Waals surface area contributed by atoms with Gasteiger partial charge in [-0.15, -0.1) is 0 Å². The Balaban J connectivity index is 2.30. The first-order valence-electron chi connectivity index (χ1n) is 6.02. The lowest BCUT2D eigenvalue weighted by atomic mass is 10.1. The van der Waals surface area contributed by atoms with E-state index in [0.717, 1.165) is 22.2 Å². The molecule has 5 nitrogen and oxygen atoms in total. The number of aromatic nitrogens is 3. The average molecular weight is 290 g/mol. The number of hydrogen-bond donors (Lipinski definition) is 2. The van der Waals surface area contributed by atoms with E-state index in [4.69, 9.17) is 16.7 Å². The topological polar surface area (TPSA) is 70.9 Å². The van der Waals surface area contributed by atoms with E-state index in [2.05, 4.69) is 10.2 Å². The largest absolute Gasteiger partial charge is 0.477 e. The molecule has 2 heterocycles. The van der Waals surface area contributed by atoms with E-state index in [1.54, 1.807) is 6.07 Å². The van der Waals surface area contributed by atoms with Crippen molar-refractivity contribution in [2.45, 2.75) is 6.92 Å². The highest BCUT2D eigenvalue weighted by atomic mass is 35.5. The highest BCUT2D eigenvalue weighted by molar-refractivity contribution is 6.31. The van der Waals surface area contributed by atoms with Gasteiger partial charge in [0.25, 0.3) is 0 Å². The summed E-state index contributed by atoms with van der Waals surface area (Å²) in [4.78, 5) is 11.0. The molecular weight excluding hydrogens is 278 g/mol. The molecule has 0 saturated heterocycles. The summed E-state index contributed by atoms with van der Waals surface area (Å²) in [7, 11) is 1.95. The van der Waals surface area contributed by atoms with Crippen molar-refractivity contribution in [3.05, 3.63) is 40.7 Å². The number of carboxylic acid groups (broad SMARTS) is 1. The lowest BCUT2D eigenvalue weighted by Gasteiger charge is -1.98. The number of fused-ring (bicyclic) bond motifs is 1. The van der Waals surface area contributed by atoms with Gasteiger partial charge >= 0.3 is 5.97 Å². The van der Waals surface area contributed by atoms with Crippen LogP contribution in [-0.4, -0.2) is 25.8 Å². The predicted molar refractivity (Wildman–Crippen MR) is 77.2 cm³/mol. The van der Waals surface area contributed by atoms with Crippen molar-refractivity contribution in [2.24, 2.45) is 7.05 Å². The molecule has 0 amide bonds. The lowest BCUT2D eigenvalue weighted by molar-refractivity contribution is 0.0690. The number of H-pyrrole nitrogens is 1. The molecule has 0 spiro atoms. The predicted octanol–water partition coefficient (Wildman–Crippen LogP) is 3.23. The van der Waals surface area contributed by atoms with E-state index in [1.807, 2.05) is 36.7 Å². The molecule has 0 aliphatic carbocycles. The van der Waals surface area contributed by atoms with E-state index in [1.165, 1.54) is 0 Å². The fourth-order valence-corrected chi connectivity index (χ4v) is 2.59. The second-order valence-electron chi connectivity index (χ2n) is 4.65. The maximum absolute atomic E-state index is 11.0. The molecule has 3 aromatic rings. The number of nitrogens with zero attached hydrogens (tertiary/aromatic N) is 2. The lowest BCUT2D eigenvalue weighted by Crippen LogP contribution is -1.95. The Labute approximate surface area is 119 Å². The van der Waals surface area contributed by atoms with Crippen LogP contribution in [0.2, 0.25) is 5.02 Å². The van der Waals surface area contributed by atoms with E-state index in [9.17, 15) is 4.79 Å². The summed E-state index contributed by atoms with van der Waals surface area (Å²) in [6.45, 7) is 1.97. The van der Waals surface area contributed by atoms with Crippen LogP contribution in [0.3, 0.4) is 0 Å². The molecule has 1 aromatic carbocycles. The number of hydrogen-bond acceptors (Lipinski definition) is 2. The molecule has 0 saturated carbocycles. The van der Waals surface area contributed by atoms with E-state index in [-0.39, 0.29) is 5.69 Å². The molecule has 0 aliphatic rings. The fourth-order valence-electron chi connectivity index (χ4n) is 2.42. The van der Waals surface area contributed by atoms with Crippen LogP contribution in [-0.2, 0) is 7.05 Å². The number of rotatable bonds is 2. The number of carbonyl (C=O) groups is 1. The molecule has 3 rings (SSSR count). The third-order valence-corrected chi connectivity index (χ3v) is 3.75. The van der Waals surface area contributed by atoms with Crippen molar-refractivity contribution in [1.82, 2.24) is 14.8 Å². The van der Waals surface area contributed by atoms with Crippen molar-refractivity contribution in [3.8, 4) is 11.3 Å². The minimum absolute atomic E-state index is 0.0744. The van der Waals surface area contributed by atoms with Crippen molar-refractivity contribution in [3.63, 3.8) is 0 Å². The normalized spacial score (nSPS) is 11.2. The molecule has 6 heteroatoms. The van der Waals surface area contributed by atoms with E-state index in [0.29, 0.717) is 10.7 Å². The molecule has 0 atom stereocenters. The van der Waals surface area contributed by atoms with Crippen LogP contribution in [0.5, 0.6) is 0 Å². The maximum Gasteiger partial charge on any atom is 0.353 e. The molecule has 2 aromatic heterocycles. The Morgan fingerprint density at radius 1 is 1.40 bits per heavy atom. The monoisotopic (exact) mass is 289 g/mol. The number of carboxylic acids is 1. The summed E-state index contributed by atoms with van der Waals surface area (Å²) in [6, 6.07) is 7.17. The number of nitrogens with one attached hydrogen (secondary N) is 1. The molecule has 0 fully saturated rings. The van der Waals surface area contributed by atoms with Gasteiger partial charge < -0.3 is 9.67 Å². The zero-order valence-corrected chi connectivity index (χ0v) is 11.7. The fraction of sp³-hybridized carbons (Fsp3) is 0.143. The summed E-state index contributed by atoms with van der Waals surface area (Å²) in [5.41, 5.74) is 3.61. The van der Waals surface area contributed by atoms with Crippen LogP contribution in [0.25, 0.3) is 22.2 Å². The summed E-state index contributed by atoms with van der Waals surface area (Å²) in [5.74, 6) is -1.02. The quantitative estimate of drug-likeness (QED) is 0.761. The van der Waals surface area contributed by atoms with Gasteiger partial charge in [0, 0.05) is 28.7 Å². The van der Waals surface area contributed by atoms with Crippen LogP contribution in [0.15, 0.2) is 24.3 Å². The smallest absolute Gasteiger partial charge is 0.353 e. The van der Waals surface area contributed by atoms with E-state index < -0.39 is 5.97 Å². The van der Waals surface area contributed by atoms with Gasteiger partial charge in [-0.2, -0.15) is 5.10 Å². The Morgan fingerprint density at radius 3 is 2.80 bits per heavy atom. The van der Waals surface area contributed by atoms with Crippen molar-refractivity contribution in [1.29, 1.82) is 0 Å². The SMILES string of the molecule is Cc1c(-c2cc(C(=O)O)[nH]n2)c2ccc(Cl)cc2n1C. The molecule has 2 N–H and O–H groups in total. The summed E-state index contributed by atoms with van der Waals surface area (Å²) < 4.78 is 2.02. The zero-order valence-electron chi connectivity index (χ0n) is 10.9. The minimum Gasteiger partial charge on any atom is -0.477 e. The molecule has 102 valence electrons. The maximum atomic E-state index is 11.0. The van der Waals surface area contributed by atoms with Gasteiger partial charge in [0.15, 0.2) is 0 Å². The number of aromatic carboxylic acids is 1. The Kier molecular flexibility index (Phi) is 2.79. The molecule has 0 bridgehead atoms. The Morgan fingerprint density at radius 2 is 2.15 bits per heavy atom. The van der Waals surface area contributed by atoms with Crippen LogP contribution in [0.1, 0.15) is 16.2 Å². The van der Waals surface area contributed by atoms with Crippen molar-refractivity contribution >= 4 is 28.5 Å². The number of halogens is 1. The van der Waals surface area contributed by atoms with Crippen molar-refractivity contribution in [2.75, 3.05) is 0 Å². The highest BCUT2D eigenvalue weighted by Gasteiger charge is 2.17. The third kappa shape index (κ3) is 1.78. The number of aromatic amines is 1. The molecule has 0 radical (unpaired) electrons. The minimum atomic E-state index is -1.02. The molecule has 0 unspecified atom stereocenters. The first-order chi connectivity index (χ1) is 9.49. The third-order valence-electron chi connectivity index (χ3n) is 3.52. The van der Waals surface area contributed by atoms with Gasteiger partial charge in [-0.25, -0.2) is 4.79 Å².